The van der Waals surface area contributed by atoms with Gasteiger partial charge in [-0.15, -0.1) is 24.0 Å². The lowest BCUT2D eigenvalue weighted by molar-refractivity contribution is -0.157. The first-order chi connectivity index (χ1) is 14.7. The van der Waals surface area contributed by atoms with Crippen LogP contribution in [0.4, 0.5) is 13.2 Å². The van der Waals surface area contributed by atoms with Crippen molar-refractivity contribution in [1.82, 2.24) is 15.5 Å². The zero-order valence-corrected chi connectivity index (χ0v) is 21.0. The Kier molecular flexibility index (Phi) is 12.1. The van der Waals surface area contributed by atoms with Crippen LogP contribution in [0.15, 0.2) is 23.2 Å². The molecule has 0 aliphatic carbocycles. The lowest BCUT2D eigenvalue weighted by Crippen LogP contribution is -2.45. The number of likely N-dealkylation sites (N-methyl/N-ethyl adjacent to an activating group) is 1. The highest BCUT2D eigenvalue weighted by Crippen LogP contribution is 2.23. The molecule has 1 aliphatic heterocycles. The van der Waals surface area contributed by atoms with Gasteiger partial charge in [0.1, 0.15) is 12.3 Å². The van der Waals surface area contributed by atoms with Gasteiger partial charge >= 0.3 is 6.18 Å². The summed E-state index contributed by atoms with van der Waals surface area (Å²) in [5.41, 5.74) is 1.94. The van der Waals surface area contributed by atoms with Crippen molar-refractivity contribution >= 4 is 35.8 Å². The third-order valence-corrected chi connectivity index (χ3v) is 4.72. The van der Waals surface area contributed by atoms with Crippen LogP contribution in [-0.4, -0.2) is 69.4 Å². The van der Waals surface area contributed by atoms with Crippen LogP contribution < -0.4 is 15.4 Å². The maximum absolute atomic E-state index is 12.5. The zero-order valence-electron chi connectivity index (χ0n) is 18.6. The number of hydrogen-bond acceptors (Lipinski definition) is 4. The van der Waals surface area contributed by atoms with Gasteiger partial charge in [0, 0.05) is 31.7 Å². The molecule has 1 unspecified atom stereocenters. The molecule has 7 nitrogen and oxygen atoms in total. The van der Waals surface area contributed by atoms with Gasteiger partial charge in [-0.3, -0.25) is 4.79 Å². The fourth-order valence-electron chi connectivity index (χ4n) is 3.01. The van der Waals surface area contributed by atoms with Crippen molar-refractivity contribution in [1.29, 1.82) is 0 Å². The number of aryl methyl sites for hydroxylation is 1. The first-order valence-electron chi connectivity index (χ1n) is 10.3. The minimum Gasteiger partial charge on any atom is -0.493 e. The molecular weight excluding hydrogens is 540 g/mol. The number of rotatable bonds is 9. The Labute approximate surface area is 204 Å². The van der Waals surface area contributed by atoms with Crippen LogP contribution in [0.5, 0.6) is 5.75 Å². The highest BCUT2D eigenvalue weighted by Gasteiger charge is 2.31. The van der Waals surface area contributed by atoms with Crippen LogP contribution in [0.25, 0.3) is 0 Å². The molecular formula is C21H32F3IN4O3. The van der Waals surface area contributed by atoms with Crippen LogP contribution in [0.1, 0.15) is 24.5 Å². The highest BCUT2D eigenvalue weighted by atomic mass is 127. The third kappa shape index (κ3) is 10.2. The number of alkyl halides is 3. The highest BCUT2D eigenvalue weighted by molar-refractivity contribution is 14.0. The molecule has 1 heterocycles. The zero-order chi connectivity index (χ0) is 22.9. The second kappa shape index (κ2) is 13.7. The summed E-state index contributed by atoms with van der Waals surface area (Å²) in [5, 5.41) is 5.78. The molecule has 0 bridgehead atoms. The molecule has 0 saturated carbocycles. The largest absolute Gasteiger partial charge is 0.493 e. The molecule has 1 aromatic carbocycles. The molecule has 0 spiro atoms. The lowest BCUT2D eigenvalue weighted by Gasteiger charge is -2.20. The third-order valence-electron chi connectivity index (χ3n) is 4.72. The Morgan fingerprint density at radius 3 is 2.72 bits per heavy atom. The van der Waals surface area contributed by atoms with E-state index in [1.165, 1.54) is 0 Å². The molecule has 1 aromatic rings. The Bertz CT molecular complexity index is 756. The summed E-state index contributed by atoms with van der Waals surface area (Å²) in [7, 11) is 1.12. The van der Waals surface area contributed by atoms with Gasteiger partial charge < -0.3 is 25.0 Å². The van der Waals surface area contributed by atoms with Gasteiger partial charge in [-0.1, -0.05) is 12.1 Å². The van der Waals surface area contributed by atoms with Crippen molar-refractivity contribution in [3.8, 4) is 5.75 Å². The van der Waals surface area contributed by atoms with Gasteiger partial charge in [0.15, 0.2) is 5.96 Å². The van der Waals surface area contributed by atoms with Crippen LogP contribution >= 0.6 is 24.0 Å². The number of nitrogens with zero attached hydrogens (tertiary/aromatic N) is 2. The summed E-state index contributed by atoms with van der Waals surface area (Å²) < 4.78 is 48.8. The molecule has 2 N–H and O–H groups in total. The quantitative estimate of drug-likeness (QED) is 0.271. The lowest BCUT2D eigenvalue weighted by atomic mass is 10.1. The maximum Gasteiger partial charge on any atom is 0.406 e. The van der Waals surface area contributed by atoms with Crippen molar-refractivity contribution in [3.63, 3.8) is 0 Å². The molecule has 182 valence electrons. The van der Waals surface area contributed by atoms with Gasteiger partial charge in [0.05, 0.1) is 26.3 Å². The topological polar surface area (TPSA) is 75.2 Å². The summed E-state index contributed by atoms with van der Waals surface area (Å²) in [6.07, 6.45) is -3.46. The maximum atomic E-state index is 12.5. The smallest absolute Gasteiger partial charge is 0.406 e. The van der Waals surface area contributed by atoms with E-state index in [1.54, 1.807) is 0 Å². The molecule has 1 fully saturated rings. The van der Waals surface area contributed by atoms with Crippen molar-refractivity contribution in [2.75, 3.05) is 46.5 Å². The summed E-state index contributed by atoms with van der Waals surface area (Å²) in [4.78, 5) is 17.0. The second-order valence-electron chi connectivity index (χ2n) is 7.57. The van der Waals surface area contributed by atoms with Gasteiger partial charge in [-0.05, 0) is 31.9 Å². The number of nitrogens with one attached hydrogen (secondary N) is 2. The minimum absolute atomic E-state index is 0. The fraction of sp³-hybridized carbons (Fsp3) is 0.619. The van der Waals surface area contributed by atoms with Crippen LogP contribution in [-0.2, 0) is 16.1 Å². The minimum atomic E-state index is -4.44. The van der Waals surface area contributed by atoms with Gasteiger partial charge in [-0.25, -0.2) is 4.99 Å². The number of carbonyl (C=O) groups is 1. The van der Waals surface area contributed by atoms with E-state index in [0.717, 1.165) is 37.0 Å². The van der Waals surface area contributed by atoms with Crippen LogP contribution in [0.2, 0.25) is 0 Å². The second-order valence-corrected chi connectivity index (χ2v) is 7.57. The molecule has 0 radical (unpaired) electrons. The fourth-order valence-corrected chi connectivity index (χ4v) is 3.01. The average Bonchev–Trinajstić information content (AvgIpc) is 3.21. The van der Waals surface area contributed by atoms with E-state index in [0.29, 0.717) is 43.1 Å². The van der Waals surface area contributed by atoms with E-state index < -0.39 is 18.6 Å². The van der Waals surface area contributed by atoms with E-state index >= 15 is 0 Å². The molecule has 1 aliphatic rings. The Morgan fingerprint density at radius 2 is 2.09 bits per heavy atom. The Hall–Kier alpha value is -1.76. The van der Waals surface area contributed by atoms with Crippen LogP contribution in [0.3, 0.4) is 0 Å². The number of ether oxygens (including phenoxy) is 2. The number of guanidine groups is 1. The molecule has 1 saturated heterocycles. The average molecular weight is 572 g/mol. The SMILES string of the molecule is CCNC(=NCc1ccc(C)cc1OCC1CCOC1)NCC(=O)N(C)CC(F)(F)F.I. The number of aliphatic imine (C=N–C) groups is 1. The van der Waals surface area contributed by atoms with Crippen molar-refractivity contribution < 1.29 is 27.4 Å². The predicted molar refractivity (Wildman–Crippen MR) is 128 cm³/mol. The van der Waals surface area contributed by atoms with E-state index in [1.807, 2.05) is 32.0 Å². The summed E-state index contributed by atoms with van der Waals surface area (Å²) >= 11 is 0. The number of amides is 1. The molecule has 0 aromatic heterocycles. The van der Waals surface area contributed by atoms with E-state index in [9.17, 15) is 18.0 Å². The standard InChI is InChI=1S/C21H31F3N4O3.HI/c1-4-25-20(27-11-19(29)28(3)14-21(22,23)24)26-10-17-6-5-15(2)9-18(17)31-13-16-7-8-30-12-16;/h5-6,9,16H,4,7-8,10-14H2,1-3H3,(H2,25,26,27);1H. The normalized spacial score (nSPS) is 16.3. The van der Waals surface area contributed by atoms with E-state index in [4.69, 9.17) is 9.47 Å². The van der Waals surface area contributed by atoms with Crippen molar-refractivity contribution in [3.05, 3.63) is 29.3 Å². The van der Waals surface area contributed by atoms with Gasteiger partial charge in [0.2, 0.25) is 5.91 Å². The molecule has 1 atom stereocenters. The Morgan fingerprint density at radius 1 is 1.34 bits per heavy atom. The molecule has 1 amide bonds. The molecule has 32 heavy (non-hydrogen) atoms. The van der Waals surface area contributed by atoms with Gasteiger partial charge in [0.25, 0.3) is 0 Å². The first kappa shape index (κ1) is 28.3. The number of hydrogen-bond donors (Lipinski definition) is 2. The molecule has 2 rings (SSSR count). The van der Waals surface area contributed by atoms with Crippen molar-refractivity contribution in [2.24, 2.45) is 10.9 Å². The van der Waals surface area contributed by atoms with E-state index in [-0.39, 0.29) is 30.5 Å². The number of benzene rings is 1. The summed E-state index contributed by atoms with van der Waals surface area (Å²) in [6, 6.07) is 5.86. The van der Waals surface area contributed by atoms with Gasteiger partial charge in [-0.2, -0.15) is 13.2 Å². The first-order valence-corrected chi connectivity index (χ1v) is 10.3. The molecule has 11 heteroatoms. The number of halogens is 4. The monoisotopic (exact) mass is 572 g/mol. The number of carbonyl (C=O) groups excluding carboxylic acids is 1. The van der Waals surface area contributed by atoms with Crippen molar-refractivity contribution in [2.45, 2.75) is 33.0 Å². The summed E-state index contributed by atoms with van der Waals surface area (Å²) in [5.74, 6) is 0.774. The predicted octanol–water partition coefficient (Wildman–Crippen LogP) is 3.10. The van der Waals surface area contributed by atoms with E-state index in [2.05, 4.69) is 15.6 Å². The Balaban J connectivity index is 0.00000512. The van der Waals surface area contributed by atoms with Crippen LogP contribution in [0, 0.1) is 12.8 Å². The summed E-state index contributed by atoms with van der Waals surface area (Å²) in [6.45, 7) is 5.10.